The molecule has 0 aromatic rings. The predicted molar refractivity (Wildman–Crippen MR) is 62.1 cm³/mol. The summed E-state index contributed by atoms with van der Waals surface area (Å²) in [6.07, 6.45) is 1.02. The van der Waals surface area contributed by atoms with Gasteiger partial charge in [-0.25, -0.2) is 4.79 Å². The van der Waals surface area contributed by atoms with Gasteiger partial charge in [-0.1, -0.05) is 6.92 Å². The molecule has 98 valence electrons. The van der Waals surface area contributed by atoms with E-state index in [1.54, 1.807) is 20.8 Å². The average molecular weight is 243 g/mol. The Morgan fingerprint density at radius 3 is 2.24 bits per heavy atom. The lowest BCUT2D eigenvalue weighted by atomic mass is 9.71. The molecule has 0 spiro atoms. The molecule has 5 heteroatoms. The number of carbonyl (C=O) groups excluding carboxylic acids is 2. The SMILES string of the molecule is CC1CC(OC(=O)CN)(C(=O)OC(C)(C)C)C1. The largest absolute Gasteiger partial charge is 0.457 e. The first kappa shape index (κ1) is 14.0. The first-order valence-electron chi connectivity index (χ1n) is 5.84. The summed E-state index contributed by atoms with van der Waals surface area (Å²) in [5.74, 6) is -0.680. The molecule has 0 aliphatic heterocycles. The second-order valence-electron chi connectivity index (χ2n) is 5.69. The number of esters is 2. The summed E-state index contributed by atoms with van der Waals surface area (Å²) in [4.78, 5) is 23.3. The third kappa shape index (κ3) is 3.43. The Morgan fingerprint density at radius 2 is 1.88 bits per heavy atom. The quantitative estimate of drug-likeness (QED) is 0.748. The Balaban J connectivity index is 2.72. The van der Waals surface area contributed by atoms with E-state index in [1.807, 2.05) is 6.92 Å². The number of nitrogens with two attached hydrogens (primary N) is 1. The van der Waals surface area contributed by atoms with Gasteiger partial charge in [0.2, 0.25) is 5.60 Å². The van der Waals surface area contributed by atoms with Crippen molar-refractivity contribution < 1.29 is 19.1 Å². The zero-order chi connectivity index (χ0) is 13.3. The van der Waals surface area contributed by atoms with E-state index >= 15 is 0 Å². The fourth-order valence-corrected chi connectivity index (χ4v) is 1.99. The third-order valence-electron chi connectivity index (χ3n) is 2.60. The molecule has 0 saturated heterocycles. The lowest BCUT2D eigenvalue weighted by Crippen LogP contribution is -2.55. The number of hydrogen-bond donors (Lipinski definition) is 1. The highest BCUT2D eigenvalue weighted by molar-refractivity contribution is 5.85. The third-order valence-corrected chi connectivity index (χ3v) is 2.60. The van der Waals surface area contributed by atoms with Crippen LogP contribution >= 0.6 is 0 Å². The van der Waals surface area contributed by atoms with Crippen LogP contribution < -0.4 is 5.73 Å². The second kappa shape index (κ2) is 4.64. The summed E-state index contributed by atoms with van der Waals surface area (Å²) in [6.45, 7) is 7.13. The molecule has 0 aromatic heterocycles. The monoisotopic (exact) mass is 243 g/mol. The van der Waals surface area contributed by atoms with Crippen molar-refractivity contribution in [1.29, 1.82) is 0 Å². The van der Waals surface area contributed by atoms with Crippen molar-refractivity contribution in [2.75, 3.05) is 6.54 Å². The maximum absolute atomic E-state index is 12.0. The fraction of sp³-hybridized carbons (Fsp3) is 0.833. The highest BCUT2D eigenvalue weighted by atomic mass is 16.6. The van der Waals surface area contributed by atoms with E-state index in [2.05, 4.69) is 0 Å². The molecule has 0 unspecified atom stereocenters. The van der Waals surface area contributed by atoms with Gasteiger partial charge in [-0.15, -0.1) is 0 Å². The van der Waals surface area contributed by atoms with Crippen LogP contribution in [0, 0.1) is 5.92 Å². The Morgan fingerprint density at radius 1 is 1.35 bits per heavy atom. The van der Waals surface area contributed by atoms with E-state index in [9.17, 15) is 9.59 Å². The van der Waals surface area contributed by atoms with Crippen molar-refractivity contribution in [2.45, 2.75) is 51.7 Å². The van der Waals surface area contributed by atoms with Crippen LogP contribution in [0.15, 0.2) is 0 Å². The molecule has 0 bridgehead atoms. The van der Waals surface area contributed by atoms with Crippen LogP contribution in [0.5, 0.6) is 0 Å². The first-order chi connectivity index (χ1) is 7.68. The maximum Gasteiger partial charge on any atom is 0.351 e. The molecule has 1 rings (SSSR count). The Hall–Kier alpha value is -1.10. The minimum Gasteiger partial charge on any atom is -0.457 e. The van der Waals surface area contributed by atoms with Gasteiger partial charge in [0, 0.05) is 12.8 Å². The van der Waals surface area contributed by atoms with Crippen LogP contribution in [0.4, 0.5) is 0 Å². The second-order valence-corrected chi connectivity index (χ2v) is 5.69. The summed E-state index contributed by atoms with van der Waals surface area (Å²) in [6, 6.07) is 0. The van der Waals surface area contributed by atoms with Gasteiger partial charge in [0.25, 0.3) is 0 Å². The normalized spacial score (nSPS) is 28.2. The topological polar surface area (TPSA) is 78.6 Å². The van der Waals surface area contributed by atoms with Crippen molar-refractivity contribution in [2.24, 2.45) is 11.7 Å². The number of ether oxygens (including phenoxy) is 2. The summed E-state index contributed by atoms with van der Waals surface area (Å²) >= 11 is 0. The van der Waals surface area contributed by atoms with Crippen molar-refractivity contribution in [3.05, 3.63) is 0 Å². The highest BCUT2D eigenvalue weighted by Crippen LogP contribution is 2.42. The fourth-order valence-electron chi connectivity index (χ4n) is 1.99. The van der Waals surface area contributed by atoms with Gasteiger partial charge in [0.1, 0.15) is 5.60 Å². The zero-order valence-corrected chi connectivity index (χ0v) is 10.9. The minimum atomic E-state index is -1.11. The average Bonchev–Trinajstić information content (AvgIpc) is 2.11. The molecular formula is C12H21NO4. The molecule has 0 radical (unpaired) electrons. The zero-order valence-electron chi connectivity index (χ0n) is 10.9. The standard InChI is InChI=1S/C12H21NO4/c1-8-5-12(6-8,16-9(14)7-13)10(15)17-11(2,3)4/h8H,5-7,13H2,1-4H3. The van der Waals surface area contributed by atoms with Crippen LogP contribution in [-0.4, -0.2) is 29.7 Å². The number of rotatable bonds is 3. The van der Waals surface area contributed by atoms with Gasteiger partial charge in [-0.2, -0.15) is 0 Å². The molecule has 2 N–H and O–H groups in total. The molecule has 0 amide bonds. The molecule has 0 heterocycles. The van der Waals surface area contributed by atoms with Gasteiger partial charge in [0.15, 0.2) is 0 Å². The van der Waals surface area contributed by atoms with E-state index in [1.165, 1.54) is 0 Å². The maximum atomic E-state index is 12.0. The molecule has 1 fully saturated rings. The van der Waals surface area contributed by atoms with Crippen molar-refractivity contribution in [3.63, 3.8) is 0 Å². The van der Waals surface area contributed by atoms with Gasteiger partial charge >= 0.3 is 11.9 Å². The van der Waals surface area contributed by atoms with E-state index in [0.29, 0.717) is 18.8 Å². The summed E-state index contributed by atoms with van der Waals surface area (Å²) < 4.78 is 10.4. The first-order valence-corrected chi connectivity index (χ1v) is 5.84. The number of carbonyl (C=O) groups is 2. The summed E-state index contributed by atoms with van der Waals surface area (Å²) in [7, 11) is 0. The van der Waals surface area contributed by atoms with E-state index in [4.69, 9.17) is 15.2 Å². The molecule has 1 saturated carbocycles. The Labute approximate surface area is 102 Å². The minimum absolute atomic E-state index is 0.223. The van der Waals surface area contributed by atoms with Crippen molar-refractivity contribution >= 4 is 11.9 Å². The Bertz CT molecular complexity index is 313. The van der Waals surface area contributed by atoms with Crippen LogP contribution in [0.25, 0.3) is 0 Å². The highest BCUT2D eigenvalue weighted by Gasteiger charge is 2.54. The van der Waals surface area contributed by atoms with Crippen LogP contribution in [-0.2, 0) is 19.1 Å². The predicted octanol–water partition coefficient (Wildman–Crippen LogP) is 0.999. The van der Waals surface area contributed by atoms with Crippen LogP contribution in [0.2, 0.25) is 0 Å². The van der Waals surface area contributed by atoms with Gasteiger partial charge < -0.3 is 15.2 Å². The van der Waals surface area contributed by atoms with E-state index < -0.39 is 23.1 Å². The smallest absolute Gasteiger partial charge is 0.351 e. The van der Waals surface area contributed by atoms with Gasteiger partial charge in [-0.05, 0) is 26.7 Å². The van der Waals surface area contributed by atoms with E-state index in [0.717, 1.165) is 0 Å². The Kier molecular flexibility index (Phi) is 3.81. The van der Waals surface area contributed by atoms with Gasteiger partial charge in [0.05, 0.1) is 6.54 Å². The molecule has 0 atom stereocenters. The molecule has 1 aliphatic rings. The van der Waals surface area contributed by atoms with E-state index in [-0.39, 0.29) is 6.54 Å². The molecule has 0 aromatic carbocycles. The summed E-state index contributed by atoms with van der Waals surface area (Å²) in [5.41, 5.74) is 3.50. The van der Waals surface area contributed by atoms with Crippen LogP contribution in [0.3, 0.4) is 0 Å². The lowest BCUT2D eigenvalue weighted by Gasteiger charge is -2.44. The molecule has 1 aliphatic carbocycles. The summed E-state index contributed by atoms with van der Waals surface area (Å²) in [5, 5.41) is 0. The molecule has 5 nitrogen and oxygen atoms in total. The molecule has 17 heavy (non-hydrogen) atoms. The van der Waals surface area contributed by atoms with Crippen LogP contribution in [0.1, 0.15) is 40.5 Å². The lowest BCUT2D eigenvalue weighted by molar-refractivity contribution is -0.205. The van der Waals surface area contributed by atoms with Crippen molar-refractivity contribution in [1.82, 2.24) is 0 Å². The molecular weight excluding hydrogens is 222 g/mol. The van der Waals surface area contributed by atoms with Gasteiger partial charge in [-0.3, -0.25) is 4.79 Å². The number of hydrogen-bond acceptors (Lipinski definition) is 5. The van der Waals surface area contributed by atoms with Crippen molar-refractivity contribution in [3.8, 4) is 0 Å².